The van der Waals surface area contributed by atoms with E-state index in [1.165, 1.54) is 12.8 Å². The first-order valence-electron chi connectivity index (χ1n) is 7.57. The lowest BCUT2D eigenvalue weighted by Crippen LogP contribution is -2.42. The molecule has 22 heavy (non-hydrogen) atoms. The minimum atomic E-state index is -1.12. The van der Waals surface area contributed by atoms with E-state index in [1.54, 1.807) is 11.3 Å². The van der Waals surface area contributed by atoms with Gasteiger partial charge >= 0.3 is 0 Å². The highest BCUT2D eigenvalue weighted by molar-refractivity contribution is 7.90. The molecule has 2 rings (SSSR count). The zero-order valence-electron chi connectivity index (χ0n) is 13.3. The second kappa shape index (κ2) is 7.21. The molecule has 0 radical (unpaired) electrons. The van der Waals surface area contributed by atoms with Crippen LogP contribution in [0.3, 0.4) is 0 Å². The Bertz CT molecular complexity index is 519. The first-order valence-corrected chi connectivity index (χ1v) is 9.60. The molecule has 5 nitrogen and oxygen atoms in total. The Balaban J connectivity index is 2.22. The molecule has 0 amide bonds. The smallest absolute Gasteiger partial charge is 0.170 e. The quantitative estimate of drug-likeness (QED) is 0.252. The predicted octanol–water partition coefficient (Wildman–Crippen LogP) is 3.13. The lowest BCUT2D eigenvalue weighted by atomic mass is 9.97. The van der Waals surface area contributed by atoms with E-state index in [1.807, 2.05) is 32.2 Å². The van der Waals surface area contributed by atoms with Gasteiger partial charge in [0.2, 0.25) is 0 Å². The molecule has 2 atom stereocenters. The van der Waals surface area contributed by atoms with E-state index >= 15 is 0 Å². The van der Waals surface area contributed by atoms with E-state index in [0.717, 1.165) is 17.7 Å². The summed E-state index contributed by atoms with van der Waals surface area (Å²) in [6.45, 7) is 5.91. The number of rotatable bonds is 5. The lowest BCUT2D eigenvalue weighted by Gasteiger charge is -2.30. The lowest BCUT2D eigenvalue weighted by molar-refractivity contribution is 0.318. The van der Waals surface area contributed by atoms with Gasteiger partial charge in [-0.05, 0) is 45.6 Å². The molecule has 1 aromatic heterocycles. The van der Waals surface area contributed by atoms with Gasteiger partial charge in [0.25, 0.3) is 0 Å². The third kappa shape index (κ3) is 4.16. The summed E-state index contributed by atoms with van der Waals surface area (Å²) in [5, 5.41) is 13.7. The minimum Gasteiger partial charge on any atom is -0.598 e. The molecule has 1 unspecified atom stereocenters. The van der Waals surface area contributed by atoms with Crippen molar-refractivity contribution in [3.8, 4) is 0 Å². The van der Waals surface area contributed by atoms with Crippen molar-refractivity contribution in [3.05, 3.63) is 21.9 Å². The molecule has 1 heterocycles. The van der Waals surface area contributed by atoms with Crippen LogP contribution in [0.2, 0.25) is 0 Å². The van der Waals surface area contributed by atoms with Crippen LogP contribution in [0.1, 0.15) is 62.9 Å². The third-order valence-electron chi connectivity index (χ3n) is 3.99. The normalized spacial score (nSPS) is 20.3. The molecule has 7 heteroatoms. The Morgan fingerprint density at radius 3 is 2.68 bits per heavy atom. The van der Waals surface area contributed by atoms with Crippen molar-refractivity contribution in [1.29, 1.82) is 0 Å². The molecule has 0 saturated heterocycles. The summed E-state index contributed by atoms with van der Waals surface area (Å²) in [5.41, 5.74) is 6.37. The van der Waals surface area contributed by atoms with Gasteiger partial charge in [0.15, 0.2) is 5.84 Å². The molecule has 0 bridgehead atoms. The average Bonchev–Trinajstić information content (AvgIpc) is 3.13. The van der Waals surface area contributed by atoms with Crippen molar-refractivity contribution < 1.29 is 9.76 Å². The van der Waals surface area contributed by atoms with Crippen molar-refractivity contribution in [3.63, 3.8) is 0 Å². The van der Waals surface area contributed by atoms with Crippen molar-refractivity contribution in [2.45, 2.75) is 57.2 Å². The zero-order chi connectivity index (χ0) is 16.3. The molecule has 1 saturated carbocycles. The van der Waals surface area contributed by atoms with Crippen molar-refractivity contribution >= 4 is 28.5 Å². The van der Waals surface area contributed by atoms with Gasteiger partial charge in [-0.3, -0.25) is 0 Å². The van der Waals surface area contributed by atoms with Crippen molar-refractivity contribution in [1.82, 2.24) is 4.72 Å². The van der Waals surface area contributed by atoms with Crippen LogP contribution in [-0.4, -0.2) is 20.3 Å². The summed E-state index contributed by atoms with van der Waals surface area (Å²) in [6.07, 6.45) is 4.75. The van der Waals surface area contributed by atoms with Gasteiger partial charge in [-0.2, -0.15) is 0 Å². The highest BCUT2D eigenvalue weighted by atomic mass is 32.2. The van der Waals surface area contributed by atoms with Gasteiger partial charge in [-0.25, -0.2) is 0 Å². The van der Waals surface area contributed by atoms with E-state index in [0.29, 0.717) is 11.5 Å². The number of hydrogen-bond donors (Lipinski definition) is 3. The molecule has 1 aliphatic rings. The van der Waals surface area contributed by atoms with Crippen LogP contribution in [0.5, 0.6) is 0 Å². The summed E-state index contributed by atoms with van der Waals surface area (Å²) < 4.78 is 15.5. The van der Waals surface area contributed by atoms with Crippen LogP contribution in [0.25, 0.3) is 0 Å². The van der Waals surface area contributed by atoms with Crippen molar-refractivity contribution in [2.24, 2.45) is 16.8 Å². The van der Waals surface area contributed by atoms with Crippen molar-refractivity contribution in [2.75, 3.05) is 0 Å². The summed E-state index contributed by atoms with van der Waals surface area (Å²) >= 11 is 0.451. The fourth-order valence-electron chi connectivity index (χ4n) is 2.68. The van der Waals surface area contributed by atoms with Gasteiger partial charge in [0.1, 0.15) is 4.75 Å². The maximum atomic E-state index is 12.5. The summed E-state index contributed by atoms with van der Waals surface area (Å²) in [7, 11) is 0. The van der Waals surface area contributed by atoms with Crippen LogP contribution in [0.4, 0.5) is 0 Å². The van der Waals surface area contributed by atoms with E-state index in [9.17, 15) is 4.55 Å². The van der Waals surface area contributed by atoms with Gasteiger partial charge < -0.3 is 15.5 Å². The number of thiophene rings is 1. The number of amidine groups is 1. The van der Waals surface area contributed by atoms with E-state index in [-0.39, 0.29) is 16.6 Å². The van der Waals surface area contributed by atoms with Gasteiger partial charge in [0, 0.05) is 27.2 Å². The summed E-state index contributed by atoms with van der Waals surface area (Å²) in [6, 6.07) is 2.00. The molecule has 1 aromatic rings. The Hall–Kier alpha value is -0.760. The highest BCUT2D eigenvalue weighted by Crippen LogP contribution is 2.39. The monoisotopic (exact) mass is 343 g/mol. The standard InChI is InChI=1S/C15H25N3O2S2/c1-15(2,3)22(20)18-13(10-6-4-5-7-10)12-8-11(9-21-12)14(16)17-19/h8-10,13,18-19H,4-7H2,1-3H3,(H2,16,17)/t13-,22?/m0/s1. The fraction of sp³-hybridized carbons (Fsp3) is 0.667. The maximum absolute atomic E-state index is 12.5. The zero-order valence-corrected chi connectivity index (χ0v) is 15.0. The summed E-state index contributed by atoms with van der Waals surface area (Å²) in [4.78, 5) is 1.10. The SMILES string of the molecule is CC(C)(C)[S+]([O-])N[C@H](c1cc(C(N)=NO)cs1)C1CCCC1. The molecule has 1 fully saturated rings. The number of nitrogens with one attached hydrogen (secondary N) is 1. The number of hydrogen-bond acceptors (Lipinski definition) is 5. The molecular formula is C15H25N3O2S2. The molecule has 124 valence electrons. The van der Waals surface area contributed by atoms with Gasteiger partial charge in [0.05, 0.1) is 6.04 Å². The molecule has 1 aliphatic carbocycles. The maximum Gasteiger partial charge on any atom is 0.170 e. The van der Waals surface area contributed by atoms with Gasteiger partial charge in [-0.1, -0.05) is 18.0 Å². The Morgan fingerprint density at radius 2 is 2.14 bits per heavy atom. The first kappa shape index (κ1) is 17.6. The molecular weight excluding hydrogens is 318 g/mol. The highest BCUT2D eigenvalue weighted by Gasteiger charge is 2.35. The van der Waals surface area contributed by atoms with Crippen LogP contribution >= 0.6 is 11.3 Å². The fourth-order valence-corrected chi connectivity index (χ4v) is 4.70. The Labute approximate surface area is 139 Å². The average molecular weight is 344 g/mol. The molecule has 0 spiro atoms. The second-order valence-electron chi connectivity index (χ2n) is 6.74. The molecule has 4 N–H and O–H groups in total. The molecule has 0 aliphatic heterocycles. The Kier molecular flexibility index (Phi) is 5.76. The van der Waals surface area contributed by atoms with Crippen LogP contribution in [-0.2, 0) is 11.4 Å². The second-order valence-corrected chi connectivity index (χ2v) is 9.68. The van der Waals surface area contributed by atoms with Gasteiger partial charge in [-0.15, -0.1) is 16.1 Å². The third-order valence-corrected chi connectivity index (χ3v) is 6.59. The Morgan fingerprint density at radius 1 is 1.50 bits per heavy atom. The number of nitrogens with two attached hydrogens (primary N) is 1. The largest absolute Gasteiger partial charge is 0.598 e. The molecule has 0 aromatic carbocycles. The summed E-state index contributed by atoms with van der Waals surface area (Å²) in [5.74, 6) is 0.606. The van der Waals surface area contributed by atoms with E-state index in [2.05, 4.69) is 9.88 Å². The first-order chi connectivity index (χ1) is 10.3. The van der Waals surface area contributed by atoms with E-state index in [4.69, 9.17) is 10.9 Å². The number of oxime groups is 1. The van der Waals surface area contributed by atoms with Crippen LogP contribution in [0.15, 0.2) is 16.6 Å². The number of nitrogens with zero attached hydrogens (tertiary/aromatic N) is 1. The minimum absolute atomic E-state index is 0.0628. The van der Waals surface area contributed by atoms with Crippen LogP contribution in [0, 0.1) is 5.92 Å². The predicted molar refractivity (Wildman–Crippen MR) is 92.6 cm³/mol. The topological polar surface area (TPSA) is 93.7 Å². The van der Waals surface area contributed by atoms with E-state index < -0.39 is 11.4 Å². The van der Waals surface area contributed by atoms with Crippen LogP contribution < -0.4 is 10.5 Å².